The smallest absolute Gasteiger partial charge is 0.138 e. The Balaban J connectivity index is 2.11. The maximum Gasteiger partial charge on any atom is 0.138 e. The van der Waals surface area contributed by atoms with Crippen LogP contribution in [-0.2, 0) is 0 Å². The van der Waals surface area contributed by atoms with Gasteiger partial charge in [-0.25, -0.2) is 10.8 Å². The normalized spacial score (nSPS) is 10.8. The van der Waals surface area contributed by atoms with Crippen molar-refractivity contribution in [2.24, 2.45) is 5.84 Å². The van der Waals surface area contributed by atoms with E-state index in [0.717, 1.165) is 22.4 Å². The molecule has 0 aliphatic carbocycles. The molecule has 0 amide bonds. The molecule has 2 aromatic carbocycles. The molecule has 1 heterocycles. The van der Waals surface area contributed by atoms with Gasteiger partial charge < -0.3 is 4.98 Å². The molecule has 0 spiro atoms. The summed E-state index contributed by atoms with van der Waals surface area (Å²) >= 11 is 0. The molecule has 90 valence electrons. The summed E-state index contributed by atoms with van der Waals surface area (Å²) in [4.78, 5) is 7.69. The molecule has 0 bridgehead atoms. The summed E-state index contributed by atoms with van der Waals surface area (Å²) in [5, 5.41) is 9.77. The number of aromatic amines is 1. The van der Waals surface area contributed by atoms with E-state index in [9.17, 15) is 5.21 Å². The number of nitrogens with one attached hydrogen (secondary N) is 1. The van der Waals surface area contributed by atoms with Gasteiger partial charge in [0, 0.05) is 5.56 Å². The van der Waals surface area contributed by atoms with Crippen molar-refractivity contribution in [3.05, 3.63) is 48.5 Å². The van der Waals surface area contributed by atoms with Gasteiger partial charge in [0.05, 0.1) is 16.7 Å². The zero-order valence-corrected chi connectivity index (χ0v) is 9.54. The van der Waals surface area contributed by atoms with Crippen LogP contribution in [0.4, 0.5) is 5.69 Å². The van der Waals surface area contributed by atoms with Crippen LogP contribution in [0.5, 0.6) is 0 Å². The zero-order valence-electron chi connectivity index (χ0n) is 9.54. The first-order chi connectivity index (χ1) is 8.74. The molecule has 0 atom stereocenters. The van der Waals surface area contributed by atoms with Gasteiger partial charge in [0.25, 0.3) is 0 Å². The van der Waals surface area contributed by atoms with E-state index in [0.29, 0.717) is 10.9 Å². The third-order valence-electron chi connectivity index (χ3n) is 2.78. The van der Waals surface area contributed by atoms with Crippen LogP contribution in [0.25, 0.3) is 22.4 Å². The van der Waals surface area contributed by atoms with Crippen LogP contribution in [0.1, 0.15) is 0 Å². The maximum atomic E-state index is 9.18. The summed E-state index contributed by atoms with van der Waals surface area (Å²) in [6, 6.07) is 15.1. The van der Waals surface area contributed by atoms with Crippen LogP contribution in [0.2, 0.25) is 0 Å². The lowest BCUT2D eigenvalue weighted by Crippen LogP contribution is -2.25. The number of hydrogen-bond acceptors (Lipinski definition) is 4. The second kappa shape index (κ2) is 4.14. The Morgan fingerprint density at radius 2 is 1.89 bits per heavy atom. The average Bonchev–Trinajstić information content (AvgIpc) is 2.82. The van der Waals surface area contributed by atoms with E-state index in [1.807, 2.05) is 36.4 Å². The van der Waals surface area contributed by atoms with Gasteiger partial charge in [0.15, 0.2) is 0 Å². The molecule has 3 aromatic rings. The lowest BCUT2D eigenvalue weighted by molar-refractivity contribution is 0.258. The van der Waals surface area contributed by atoms with Gasteiger partial charge in [-0.05, 0) is 18.2 Å². The summed E-state index contributed by atoms with van der Waals surface area (Å²) < 4.78 is 0. The predicted octanol–water partition coefficient (Wildman–Crippen LogP) is 2.30. The van der Waals surface area contributed by atoms with E-state index >= 15 is 0 Å². The van der Waals surface area contributed by atoms with Crippen molar-refractivity contribution in [3.63, 3.8) is 0 Å². The minimum absolute atomic E-state index is 0.505. The summed E-state index contributed by atoms with van der Waals surface area (Å²) in [6.07, 6.45) is 0. The molecular weight excluding hydrogens is 228 g/mol. The number of anilines is 1. The third-order valence-corrected chi connectivity index (χ3v) is 2.78. The molecule has 1 aromatic heterocycles. The molecule has 0 saturated carbocycles. The van der Waals surface area contributed by atoms with Crippen molar-refractivity contribution < 1.29 is 5.21 Å². The number of H-pyrrole nitrogens is 1. The van der Waals surface area contributed by atoms with Crippen molar-refractivity contribution in [3.8, 4) is 11.4 Å². The van der Waals surface area contributed by atoms with E-state index in [-0.39, 0.29) is 0 Å². The minimum Gasteiger partial charge on any atom is -0.338 e. The fraction of sp³-hybridized carbons (Fsp3) is 0. The molecule has 3 rings (SSSR count). The number of fused-ring (bicyclic) bond motifs is 1. The first kappa shape index (κ1) is 10.8. The number of nitrogens with zero attached hydrogens (tertiary/aromatic N) is 2. The van der Waals surface area contributed by atoms with E-state index in [1.54, 1.807) is 12.1 Å². The number of benzene rings is 2. The average molecular weight is 240 g/mol. The van der Waals surface area contributed by atoms with Crippen LogP contribution in [0.3, 0.4) is 0 Å². The number of nitrogens with two attached hydrogens (primary N) is 1. The Morgan fingerprint density at radius 1 is 1.11 bits per heavy atom. The van der Waals surface area contributed by atoms with Crippen LogP contribution in [0.15, 0.2) is 48.5 Å². The molecule has 18 heavy (non-hydrogen) atoms. The number of hydrogen-bond donors (Lipinski definition) is 3. The molecule has 0 saturated heterocycles. The standard InChI is InChI=1S/C13H12N4O/c14-17(18)10-6-7-11-12(8-10)16-13(15-11)9-4-2-1-3-5-9/h1-8,18H,14H2,(H,15,16). The highest BCUT2D eigenvalue weighted by molar-refractivity contribution is 5.82. The quantitative estimate of drug-likeness (QED) is 0.474. The van der Waals surface area contributed by atoms with Crippen molar-refractivity contribution >= 4 is 16.7 Å². The number of rotatable bonds is 2. The highest BCUT2D eigenvalue weighted by atomic mass is 16.5. The minimum atomic E-state index is 0.505. The number of hydrazine groups is 1. The first-order valence-corrected chi connectivity index (χ1v) is 5.53. The monoisotopic (exact) mass is 240 g/mol. The third kappa shape index (κ3) is 1.81. The Bertz CT molecular complexity index is 676. The molecule has 5 nitrogen and oxygen atoms in total. The molecule has 0 aliphatic rings. The van der Waals surface area contributed by atoms with Gasteiger partial charge in [-0.1, -0.05) is 30.3 Å². The van der Waals surface area contributed by atoms with Gasteiger partial charge >= 0.3 is 0 Å². The second-order valence-corrected chi connectivity index (χ2v) is 4.00. The van der Waals surface area contributed by atoms with Crippen LogP contribution >= 0.6 is 0 Å². The number of aromatic nitrogens is 2. The molecular formula is C13H12N4O. The van der Waals surface area contributed by atoms with Gasteiger partial charge in [0.1, 0.15) is 5.82 Å². The van der Waals surface area contributed by atoms with Crippen LogP contribution < -0.4 is 11.0 Å². The summed E-state index contributed by atoms with van der Waals surface area (Å²) in [6.45, 7) is 0. The van der Waals surface area contributed by atoms with Crippen LogP contribution in [0, 0.1) is 0 Å². The van der Waals surface area contributed by atoms with Crippen molar-refractivity contribution in [1.29, 1.82) is 0 Å². The summed E-state index contributed by atoms with van der Waals surface area (Å²) in [5.41, 5.74) is 3.19. The zero-order chi connectivity index (χ0) is 12.5. The number of imidazole rings is 1. The first-order valence-electron chi connectivity index (χ1n) is 5.53. The van der Waals surface area contributed by atoms with Crippen molar-refractivity contribution in [2.45, 2.75) is 0 Å². The topological polar surface area (TPSA) is 78.2 Å². The Hall–Kier alpha value is -2.37. The maximum absolute atomic E-state index is 9.18. The van der Waals surface area contributed by atoms with Crippen molar-refractivity contribution in [1.82, 2.24) is 9.97 Å². The van der Waals surface area contributed by atoms with Crippen LogP contribution in [-0.4, -0.2) is 15.2 Å². The predicted molar refractivity (Wildman–Crippen MR) is 70.0 cm³/mol. The highest BCUT2D eigenvalue weighted by Crippen LogP contribution is 2.23. The van der Waals surface area contributed by atoms with E-state index in [1.165, 1.54) is 0 Å². The molecule has 0 radical (unpaired) electrons. The largest absolute Gasteiger partial charge is 0.338 e. The lowest BCUT2D eigenvalue weighted by atomic mass is 10.2. The Labute approximate surface area is 103 Å². The van der Waals surface area contributed by atoms with Gasteiger partial charge in [-0.3, -0.25) is 5.21 Å². The highest BCUT2D eigenvalue weighted by Gasteiger charge is 2.06. The van der Waals surface area contributed by atoms with E-state index in [2.05, 4.69) is 9.97 Å². The molecule has 0 fully saturated rings. The molecule has 5 heteroatoms. The molecule has 0 unspecified atom stereocenters. The lowest BCUT2D eigenvalue weighted by Gasteiger charge is -2.08. The van der Waals surface area contributed by atoms with E-state index < -0.39 is 0 Å². The molecule has 0 aliphatic heterocycles. The van der Waals surface area contributed by atoms with Gasteiger partial charge in [-0.2, -0.15) is 5.17 Å². The SMILES string of the molecule is NN(O)c1ccc2nc(-c3ccccc3)[nH]c2c1. The van der Waals surface area contributed by atoms with Gasteiger partial charge in [0.2, 0.25) is 0 Å². The molecule has 4 N–H and O–H groups in total. The Kier molecular flexibility index (Phi) is 2.47. The van der Waals surface area contributed by atoms with Gasteiger partial charge in [-0.15, -0.1) is 0 Å². The van der Waals surface area contributed by atoms with Crippen molar-refractivity contribution in [2.75, 3.05) is 5.17 Å². The fourth-order valence-corrected chi connectivity index (χ4v) is 1.87. The van der Waals surface area contributed by atoms with E-state index in [4.69, 9.17) is 5.84 Å². The fourth-order valence-electron chi connectivity index (χ4n) is 1.87. The summed E-state index contributed by atoms with van der Waals surface area (Å²) in [5.74, 6) is 6.07. The second-order valence-electron chi connectivity index (χ2n) is 4.00. The Morgan fingerprint density at radius 3 is 2.61 bits per heavy atom. The summed E-state index contributed by atoms with van der Waals surface area (Å²) in [7, 11) is 0.